The number of hydrogen-bond acceptors (Lipinski definition) is 4. The van der Waals surface area contributed by atoms with Crippen molar-refractivity contribution in [1.29, 1.82) is 0 Å². The van der Waals surface area contributed by atoms with Gasteiger partial charge in [0, 0.05) is 16.1 Å². The zero-order valence-corrected chi connectivity index (χ0v) is 21.9. The van der Waals surface area contributed by atoms with Crippen molar-refractivity contribution in [2.75, 3.05) is 16.4 Å². The largest absolute Gasteiger partial charge is 0.323 e. The van der Waals surface area contributed by atoms with Crippen LogP contribution in [0, 0.1) is 12.7 Å². The van der Waals surface area contributed by atoms with Crippen LogP contribution in [0.1, 0.15) is 21.5 Å². The second kappa shape index (κ2) is 13.2. The van der Waals surface area contributed by atoms with Gasteiger partial charge in [-0.2, -0.15) is 0 Å². The van der Waals surface area contributed by atoms with Crippen molar-refractivity contribution in [2.24, 2.45) is 0 Å². The van der Waals surface area contributed by atoms with Crippen molar-refractivity contribution >= 4 is 46.9 Å². The maximum absolute atomic E-state index is 13.8. The van der Waals surface area contributed by atoms with Gasteiger partial charge in [0.15, 0.2) is 0 Å². The molecule has 0 saturated carbocycles. The predicted octanol–water partition coefficient (Wildman–Crippen LogP) is 6.27. The van der Waals surface area contributed by atoms with Crippen LogP contribution >= 0.6 is 11.8 Å². The summed E-state index contributed by atoms with van der Waals surface area (Å²) in [6, 6.07) is 29.1. The van der Waals surface area contributed by atoms with Crippen molar-refractivity contribution in [2.45, 2.75) is 11.8 Å². The van der Waals surface area contributed by atoms with Crippen molar-refractivity contribution in [3.63, 3.8) is 0 Å². The van der Waals surface area contributed by atoms with Gasteiger partial charge in [-0.05, 0) is 66.6 Å². The van der Waals surface area contributed by atoms with Gasteiger partial charge in [-0.15, -0.1) is 11.8 Å². The summed E-state index contributed by atoms with van der Waals surface area (Å²) in [6.07, 6.45) is 1.64. The van der Waals surface area contributed by atoms with Crippen molar-refractivity contribution in [1.82, 2.24) is 5.32 Å². The van der Waals surface area contributed by atoms with Crippen LogP contribution in [0.3, 0.4) is 0 Å². The van der Waals surface area contributed by atoms with Gasteiger partial charge >= 0.3 is 0 Å². The smallest absolute Gasteiger partial charge is 0.272 e. The molecule has 0 fully saturated rings. The summed E-state index contributed by atoms with van der Waals surface area (Å²) < 4.78 is 13.8. The number of benzene rings is 4. The molecule has 4 aromatic carbocycles. The van der Waals surface area contributed by atoms with E-state index in [1.165, 1.54) is 23.9 Å². The van der Waals surface area contributed by atoms with E-state index in [1.54, 1.807) is 66.7 Å². The van der Waals surface area contributed by atoms with E-state index < -0.39 is 17.6 Å². The molecule has 8 heteroatoms. The first-order valence-corrected chi connectivity index (χ1v) is 13.1. The third kappa shape index (κ3) is 7.90. The van der Waals surface area contributed by atoms with Crippen LogP contribution in [0.15, 0.2) is 114 Å². The van der Waals surface area contributed by atoms with Gasteiger partial charge in [0.05, 0.1) is 11.4 Å². The molecule has 39 heavy (non-hydrogen) atoms. The van der Waals surface area contributed by atoms with E-state index in [0.29, 0.717) is 11.3 Å². The predicted molar refractivity (Wildman–Crippen MR) is 154 cm³/mol. The molecule has 4 rings (SSSR count). The molecule has 0 spiro atoms. The molecule has 0 atom stereocenters. The lowest BCUT2D eigenvalue weighted by molar-refractivity contribution is -0.114. The summed E-state index contributed by atoms with van der Waals surface area (Å²) in [6.45, 7) is 1.92. The summed E-state index contributed by atoms with van der Waals surface area (Å²) in [5, 5.41) is 8.11. The molecule has 196 valence electrons. The van der Waals surface area contributed by atoms with Crippen molar-refractivity contribution in [3.8, 4) is 0 Å². The van der Waals surface area contributed by atoms with Crippen LogP contribution in [0.5, 0.6) is 0 Å². The molecule has 4 aromatic rings. The molecule has 0 saturated heterocycles. The fourth-order valence-electron chi connectivity index (χ4n) is 3.61. The molecular formula is C31H26FN3O3S. The van der Waals surface area contributed by atoms with E-state index in [0.717, 1.165) is 16.0 Å². The fraction of sp³-hybridized carbons (Fsp3) is 0.0645. The zero-order valence-electron chi connectivity index (χ0n) is 21.1. The minimum absolute atomic E-state index is 0.0529. The van der Waals surface area contributed by atoms with Gasteiger partial charge in [-0.3, -0.25) is 14.4 Å². The summed E-state index contributed by atoms with van der Waals surface area (Å²) in [5.74, 6) is -1.71. The fourth-order valence-corrected chi connectivity index (χ4v) is 4.36. The molecule has 0 heterocycles. The lowest BCUT2D eigenvalue weighted by atomic mass is 10.1. The Balaban J connectivity index is 1.46. The van der Waals surface area contributed by atoms with Crippen molar-refractivity contribution < 1.29 is 18.8 Å². The highest BCUT2D eigenvalue weighted by atomic mass is 32.2. The maximum Gasteiger partial charge on any atom is 0.272 e. The highest BCUT2D eigenvalue weighted by molar-refractivity contribution is 8.00. The number of carbonyl (C=O) groups is 3. The molecule has 0 aliphatic heterocycles. The number of hydrogen-bond donors (Lipinski definition) is 3. The Hall–Kier alpha value is -4.69. The van der Waals surface area contributed by atoms with Crippen molar-refractivity contribution in [3.05, 3.63) is 131 Å². The number of carbonyl (C=O) groups excluding carboxylic acids is 3. The number of thioether (sulfide) groups is 1. The number of halogens is 1. The Bertz CT molecular complexity index is 1520. The summed E-state index contributed by atoms with van der Waals surface area (Å²) >= 11 is 1.25. The van der Waals surface area contributed by atoms with Gasteiger partial charge in [0.1, 0.15) is 11.5 Å². The van der Waals surface area contributed by atoms with Crippen LogP contribution < -0.4 is 16.0 Å². The second-order valence-electron chi connectivity index (χ2n) is 8.53. The van der Waals surface area contributed by atoms with E-state index >= 15 is 0 Å². The number of nitrogens with one attached hydrogen (secondary N) is 3. The topological polar surface area (TPSA) is 87.3 Å². The standard InChI is InChI=1S/C31H26FN3O3S/c1-21-10-5-6-13-23(21)18-28(35-30(37)22-11-3-2-4-12-22)31(38)33-24-14-9-15-25(19-24)39-20-29(36)34-27-17-8-7-16-26(27)32/h2-19H,20H2,1H3,(H,33,38)(H,34,36)(H,35,37)/b28-18-. The van der Waals surface area contributed by atoms with Crippen LogP contribution in [-0.4, -0.2) is 23.5 Å². The number of amides is 3. The SMILES string of the molecule is Cc1ccccc1/C=C(\NC(=O)c1ccccc1)C(=O)Nc1cccc(SCC(=O)Nc2ccccc2F)c1. The minimum atomic E-state index is -0.505. The first kappa shape index (κ1) is 27.3. The zero-order chi connectivity index (χ0) is 27.6. The Kier molecular flexibility index (Phi) is 9.26. The summed E-state index contributed by atoms with van der Waals surface area (Å²) in [5.41, 5.74) is 2.86. The van der Waals surface area contributed by atoms with E-state index in [1.807, 2.05) is 37.3 Å². The third-order valence-electron chi connectivity index (χ3n) is 5.63. The Morgan fingerprint density at radius 1 is 0.821 bits per heavy atom. The first-order valence-electron chi connectivity index (χ1n) is 12.1. The molecule has 0 aliphatic rings. The van der Waals surface area contributed by atoms with E-state index in [4.69, 9.17) is 0 Å². The van der Waals surface area contributed by atoms with E-state index in [9.17, 15) is 18.8 Å². The average molecular weight is 540 g/mol. The second-order valence-corrected chi connectivity index (χ2v) is 9.58. The van der Waals surface area contributed by atoms with E-state index in [-0.39, 0.29) is 23.0 Å². The highest BCUT2D eigenvalue weighted by Gasteiger charge is 2.16. The van der Waals surface area contributed by atoms with E-state index in [2.05, 4.69) is 16.0 Å². The van der Waals surface area contributed by atoms with Crippen LogP contribution in [0.2, 0.25) is 0 Å². The average Bonchev–Trinajstić information content (AvgIpc) is 2.94. The minimum Gasteiger partial charge on any atom is -0.323 e. The number of aryl methyl sites for hydroxylation is 1. The lowest BCUT2D eigenvalue weighted by Gasteiger charge is -2.13. The van der Waals surface area contributed by atoms with Crippen LogP contribution in [0.4, 0.5) is 15.8 Å². The van der Waals surface area contributed by atoms with Gasteiger partial charge in [0.25, 0.3) is 11.8 Å². The molecule has 6 nitrogen and oxygen atoms in total. The molecule has 0 aromatic heterocycles. The molecule has 3 amide bonds. The highest BCUT2D eigenvalue weighted by Crippen LogP contribution is 2.23. The molecule has 0 radical (unpaired) electrons. The quantitative estimate of drug-likeness (QED) is 0.173. The Morgan fingerprint density at radius 3 is 2.31 bits per heavy atom. The van der Waals surface area contributed by atoms with Crippen LogP contribution in [0.25, 0.3) is 6.08 Å². The molecule has 0 unspecified atom stereocenters. The number of anilines is 2. The van der Waals surface area contributed by atoms with Gasteiger partial charge in [0.2, 0.25) is 5.91 Å². The normalized spacial score (nSPS) is 11.0. The monoisotopic (exact) mass is 539 g/mol. The summed E-state index contributed by atoms with van der Waals surface area (Å²) in [4.78, 5) is 39.2. The van der Waals surface area contributed by atoms with Gasteiger partial charge in [-0.25, -0.2) is 4.39 Å². The maximum atomic E-state index is 13.8. The third-order valence-corrected chi connectivity index (χ3v) is 6.62. The number of para-hydroxylation sites is 1. The Morgan fingerprint density at radius 2 is 1.54 bits per heavy atom. The molecule has 0 bridgehead atoms. The number of rotatable bonds is 9. The molecule has 0 aliphatic carbocycles. The lowest BCUT2D eigenvalue weighted by Crippen LogP contribution is -2.30. The first-order chi connectivity index (χ1) is 18.9. The molecule has 3 N–H and O–H groups in total. The van der Waals surface area contributed by atoms with Gasteiger partial charge in [-0.1, -0.05) is 60.7 Å². The summed E-state index contributed by atoms with van der Waals surface area (Å²) in [7, 11) is 0. The molecular weight excluding hydrogens is 513 g/mol. The Labute approximate surface area is 230 Å². The van der Waals surface area contributed by atoms with Crippen LogP contribution in [-0.2, 0) is 9.59 Å². The van der Waals surface area contributed by atoms with Gasteiger partial charge < -0.3 is 16.0 Å².